The lowest BCUT2D eigenvalue weighted by atomic mass is 9.95. The number of para-hydroxylation sites is 2. The third kappa shape index (κ3) is 11.5. The van der Waals surface area contributed by atoms with Gasteiger partial charge in [-0.05, 0) is 208 Å². The normalized spacial score (nSPS) is 11.6. The van der Waals surface area contributed by atoms with Gasteiger partial charge in [0, 0.05) is 105 Å². The topological polar surface area (TPSA) is 300 Å². The minimum absolute atomic E-state index is 0.0242. The highest BCUT2D eigenvalue weighted by Crippen LogP contribution is 2.48. The van der Waals surface area contributed by atoms with Gasteiger partial charge >= 0.3 is 5.82 Å². The van der Waals surface area contributed by atoms with Gasteiger partial charge in [-0.2, -0.15) is 36.8 Å². The summed E-state index contributed by atoms with van der Waals surface area (Å²) in [5, 5.41) is 100. The predicted octanol–water partition coefficient (Wildman–Crippen LogP) is 28.5. The van der Waals surface area contributed by atoms with E-state index in [9.17, 15) is 36.8 Å². The molecule has 0 amide bonds. The molecule has 8 heterocycles. The van der Waals surface area contributed by atoms with E-state index in [1.165, 1.54) is 35.6 Å². The zero-order valence-corrected chi connectivity index (χ0v) is 70.1. The van der Waals surface area contributed by atoms with Crippen molar-refractivity contribution in [3.8, 4) is 42.5 Å². The molecule has 0 radical (unpaired) electrons. The van der Waals surface area contributed by atoms with Crippen LogP contribution in [0.1, 0.15) is 39.9 Å². The van der Waals surface area contributed by atoms with Gasteiger partial charge in [0.1, 0.15) is 70.3 Å². The number of hydrogen-bond acceptors (Lipinski definition) is 19. The Balaban J connectivity index is 0.0000000945. The molecule has 0 atom stereocenters. The second kappa shape index (κ2) is 29.2. The first-order chi connectivity index (χ1) is 65.0. The molecule has 28 rings (SSSR count). The molecular weight excluding hydrogens is 1670 g/mol. The van der Waals surface area contributed by atoms with E-state index in [1.54, 1.807) is 22.7 Å². The number of rotatable bonds is 0. The van der Waals surface area contributed by atoms with Crippen LogP contribution in [0.4, 0.5) is 5.82 Å². The summed E-state index contributed by atoms with van der Waals surface area (Å²) in [5.41, 5.74) is 8.52. The molecule has 600 valence electrons. The van der Waals surface area contributed by atoms with Gasteiger partial charge in [-0.15, -0.1) is 27.7 Å². The number of nitrogens with zero attached hydrogens (tertiary/aromatic N) is 16. The van der Waals surface area contributed by atoms with Crippen LogP contribution in [0.3, 0.4) is 0 Å². The number of hydrogen-bond donors (Lipinski definition) is 0. The van der Waals surface area contributed by atoms with Crippen molar-refractivity contribution >= 4 is 286 Å². The molecule has 0 bridgehead atoms. The van der Waals surface area contributed by atoms with Gasteiger partial charge in [-0.1, -0.05) is 176 Å². The number of thiophene rings is 2. The number of aromatic nitrogens is 8. The van der Waals surface area contributed by atoms with Crippen LogP contribution in [0.2, 0.25) is 0 Å². The lowest BCUT2D eigenvalue weighted by molar-refractivity contribution is 0.669. The second-order valence-electron chi connectivity index (χ2n) is 32.3. The minimum Gasteiger partial charge on any atom is -0.456 e. The molecule has 132 heavy (non-hydrogen) atoms. The van der Waals surface area contributed by atoms with E-state index in [0.717, 1.165) is 178 Å². The smallest absolute Gasteiger partial charge is 0.307 e. The molecule has 0 aliphatic heterocycles. The molecule has 0 spiro atoms. The Morgan fingerprint density at radius 3 is 0.773 bits per heavy atom. The van der Waals surface area contributed by atoms with Crippen molar-refractivity contribution in [3.63, 3.8) is 0 Å². The Kier molecular flexibility index (Phi) is 16.7. The summed E-state index contributed by atoms with van der Waals surface area (Å²) in [7, 11) is 0. The number of nitriles is 7. The Bertz CT molecular complexity index is 10000. The highest BCUT2D eigenvalue weighted by atomic mass is 32.1. The van der Waals surface area contributed by atoms with Crippen LogP contribution in [0.15, 0.2) is 300 Å². The van der Waals surface area contributed by atoms with Gasteiger partial charge in [0.15, 0.2) is 45.4 Å². The van der Waals surface area contributed by atoms with E-state index in [2.05, 4.69) is 239 Å². The largest absolute Gasteiger partial charge is 0.456 e. The standard InChI is InChI=1S/2C28H12N4O.2C28H12N4S/c29-13-23-24(14-30)32-28-22-11-20-17-7-3-4-8-25(17)33-26(20)12-19(22)18-9-15-5-1-2-6-16(15)10-21(18)27(28)31-23;29-13-23-24(14-30)32-28-22-12-26-20(17-7-3-4-8-25(17)33-26)11-19(22)18-9-15-5-1-2-6-16(15)10-21(18)27(28)31-23;1-30-28-23(14-29)31-26-21-11-16-7-3-2-6-15(16)10-18(21)19-13-25-20(12-22(19)27(26)32-28)17-8-4-5-9-24(17)33-25;29-13-23-24(14-30)32-28-22-12-26-20(17-7-3-4-8-25(17)33-26)11-19(22)18-9-15-5-1-2-6-16(15)10-21(18)27(28)31-23/h2*1-12H;2-13H;1-12H. The zero-order chi connectivity index (χ0) is 88.4. The Labute approximate surface area is 751 Å². The van der Waals surface area contributed by atoms with E-state index < -0.39 is 0 Å². The van der Waals surface area contributed by atoms with Crippen LogP contribution >= 0.6 is 22.7 Å². The number of benzene rings is 20. The SMILES string of the molecule is N#Cc1nc2c3cc4ccccc4cc3c3cc4c(cc3c2nc1C#N)oc1ccccc14.N#Cc1nc2c3cc4ccccc4cc3c3cc4c(cc3c2nc1C#N)sc1ccccc14.N#Cc1nc2c3cc4ccccc4cc3c3cc4oc5ccccc5c4cc3c2nc1C#N.[C-]#[N+]c1nc2c3cc4c(cc3c3cc5ccccc5cc3c2nc1C#N)sc1ccccc14. The quantitative estimate of drug-likeness (QED) is 0.0774. The van der Waals surface area contributed by atoms with Crippen LogP contribution < -0.4 is 0 Å². The van der Waals surface area contributed by atoms with E-state index in [-0.39, 0.29) is 45.7 Å². The van der Waals surface area contributed by atoms with Crippen molar-refractivity contribution < 1.29 is 8.83 Å². The van der Waals surface area contributed by atoms with Gasteiger partial charge < -0.3 is 13.7 Å². The maximum absolute atomic E-state index is 9.60. The highest BCUT2D eigenvalue weighted by molar-refractivity contribution is 7.26. The van der Waals surface area contributed by atoms with Crippen LogP contribution in [0.25, 0.3) is 262 Å². The van der Waals surface area contributed by atoms with E-state index in [1.807, 2.05) is 140 Å². The van der Waals surface area contributed by atoms with Crippen LogP contribution in [-0.4, -0.2) is 39.9 Å². The summed E-state index contributed by atoms with van der Waals surface area (Å²) >= 11 is 3.53. The molecule has 18 nitrogen and oxygen atoms in total. The maximum atomic E-state index is 9.60. The third-order valence-electron chi connectivity index (χ3n) is 25.2. The summed E-state index contributed by atoms with van der Waals surface area (Å²) in [6.45, 7) is 7.53. The lowest BCUT2D eigenvalue weighted by Gasteiger charge is -2.12. The Hall–Kier alpha value is -19.2. The van der Waals surface area contributed by atoms with E-state index in [0.29, 0.717) is 44.1 Å². The lowest BCUT2D eigenvalue weighted by Crippen LogP contribution is -1.97. The van der Waals surface area contributed by atoms with Crippen molar-refractivity contribution in [2.24, 2.45) is 0 Å². The van der Waals surface area contributed by atoms with Gasteiger partial charge in [-0.25, -0.2) is 34.9 Å². The van der Waals surface area contributed by atoms with E-state index >= 15 is 0 Å². The molecule has 0 aliphatic carbocycles. The fourth-order valence-electron chi connectivity index (χ4n) is 19.3. The van der Waals surface area contributed by atoms with Gasteiger partial charge in [-0.3, -0.25) is 0 Å². The average molecular weight is 1710 g/mol. The molecule has 0 fully saturated rings. The van der Waals surface area contributed by atoms with Crippen molar-refractivity contribution in [2.45, 2.75) is 0 Å². The number of fused-ring (bicyclic) bond motifs is 40. The minimum atomic E-state index is 0.0242. The molecule has 0 saturated carbocycles. The van der Waals surface area contributed by atoms with Gasteiger partial charge in [0.05, 0.1) is 33.1 Å². The number of furan rings is 2. The molecule has 0 N–H and O–H groups in total. The van der Waals surface area contributed by atoms with Crippen LogP contribution in [-0.2, 0) is 0 Å². The summed E-state index contributed by atoms with van der Waals surface area (Å²) < 4.78 is 17.1. The second-order valence-corrected chi connectivity index (χ2v) is 34.5. The molecule has 0 saturated heterocycles. The van der Waals surface area contributed by atoms with Crippen LogP contribution in [0.5, 0.6) is 0 Å². The fourth-order valence-corrected chi connectivity index (χ4v) is 21.5. The summed E-state index contributed by atoms with van der Waals surface area (Å²) in [6, 6.07) is 114. The molecule has 0 unspecified atom stereocenters. The summed E-state index contributed by atoms with van der Waals surface area (Å²) in [5.74, 6) is 0.0433. The molecule has 0 aliphatic rings. The first-order valence-electron chi connectivity index (χ1n) is 41.8. The Morgan fingerprint density at radius 2 is 0.424 bits per heavy atom. The van der Waals surface area contributed by atoms with Crippen molar-refractivity contribution in [2.75, 3.05) is 0 Å². The highest BCUT2D eigenvalue weighted by Gasteiger charge is 2.26. The Morgan fingerprint density at radius 1 is 0.197 bits per heavy atom. The molecule has 20 heteroatoms. The first-order valence-corrected chi connectivity index (χ1v) is 43.5. The van der Waals surface area contributed by atoms with Crippen LogP contribution in [0, 0.1) is 85.9 Å². The summed E-state index contributed by atoms with van der Waals surface area (Å²) in [6.07, 6.45) is 0. The van der Waals surface area contributed by atoms with Crippen molar-refractivity contribution in [1.82, 2.24) is 39.9 Å². The van der Waals surface area contributed by atoms with Crippen molar-refractivity contribution in [3.05, 3.63) is 342 Å². The summed E-state index contributed by atoms with van der Waals surface area (Å²) in [4.78, 5) is 40.5. The monoisotopic (exact) mass is 1710 g/mol. The van der Waals surface area contributed by atoms with Crippen molar-refractivity contribution in [1.29, 1.82) is 36.8 Å². The zero-order valence-electron chi connectivity index (χ0n) is 68.5. The molecular formula is C112H48N16O2S2. The van der Waals surface area contributed by atoms with Gasteiger partial charge in [0.2, 0.25) is 0 Å². The predicted molar refractivity (Wildman–Crippen MR) is 528 cm³/mol. The molecule has 8 aromatic heterocycles. The van der Waals surface area contributed by atoms with E-state index in [4.69, 9.17) is 15.4 Å². The van der Waals surface area contributed by atoms with Gasteiger partial charge in [0.25, 0.3) is 0 Å². The first kappa shape index (κ1) is 75.4. The third-order valence-corrected chi connectivity index (χ3v) is 27.5. The molecule has 28 aromatic rings. The maximum Gasteiger partial charge on any atom is 0.307 e. The fraction of sp³-hybridized carbons (Fsp3) is 0. The molecule has 20 aromatic carbocycles. The average Bonchev–Trinajstić information content (AvgIpc) is 0.753.